The summed E-state index contributed by atoms with van der Waals surface area (Å²) >= 11 is 0. The van der Waals surface area contributed by atoms with Crippen molar-refractivity contribution >= 4 is 25.9 Å². The van der Waals surface area contributed by atoms with E-state index in [2.05, 4.69) is 38.7 Å². The first-order chi connectivity index (χ1) is 17.0. The third kappa shape index (κ3) is 4.22. The Labute approximate surface area is 213 Å². The number of fused-ring (bicyclic) bond motifs is 1. The quantitative estimate of drug-likeness (QED) is 0.183. The maximum atomic E-state index is 13.8. The molecule has 190 valence electrons. The lowest BCUT2D eigenvalue weighted by atomic mass is 9.93. The average Bonchev–Trinajstić information content (AvgIpc) is 3.36. The van der Waals surface area contributed by atoms with Crippen LogP contribution in [0, 0.1) is 0 Å². The van der Waals surface area contributed by atoms with Gasteiger partial charge in [-0.05, 0) is 29.3 Å². The number of esters is 1. The molecule has 2 saturated heterocycles. The van der Waals surface area contributed by atoms with Gasteiger partial charge in [0.25, 0.3) is 5.72 Å². The molecule has 0 bridgehead atoms. The number of rotatable bonds is 6. The molecule has 0 aromatic heterocycles. The average molecular weight is 507 g/mol. The fraction of sp³-hybridized carbons (Fsp3) is 0.444. The van der Waals surface area contributed by atoms with Crippen LogP contribution < -0.4 is 0 Å². The summed E-state index contributed by atoms with van der Waals surface area (Å²) in [5, 5.41) is 3.30. The summed E-state index contributed by atoms with van der Waals surface area (Å²) < 4.78 is 12.0. The molecule has 0 aliphatic carbocycles. The molecule has 9 heteroatoms. The van der Waals surface area contributed by atoms with Crippen molar-refractivity contribution in [3.05, 3.63) is 77.3 Å². The minimum absolute atomic E-state index is 0.203. The number of hydrazine groups is 1. The lowest BCUT2D eigenvalue weighted by Crippen LogP contribution is -2.63. The predicted octanol–water partition coefficient (Wildman–Crippen LogP) is 4.88. The second kappa shape index (κ2) is 9.41. The van der Waals surface area contributed by atoms with Crippen molar-refractivity contribution in [2.75, 3.05) is 7.11 Å². The first kappa shape index (κ1) is 26.0. The van der Waals surface area contributed by atoms with Gasteiger partial charge in [0.1, 0.15) is 0 Å². The smallest absolute Gasteiger partial charge is 0.428 e. The summed E-state index contributed by atoms with van der Waals surface area (Å²) in [6, 6.07) is 19.1. The van der Waals surface area contributed by atoms with E-state index in [0.717, 1.165) is 11.1 Å². The highest BCUT2D eigenvalue weighted by Gasteiger charge is 2.69. The summed E-state index contributed by atoms with van der Waals surface area (Å²) in [6.07, 6.45) is 0.420. The summed E-state index contributed by atoms with van der Waals surface area (Å²) in [5.74, 6) is -1.04. The van der Waals surface area contributed by atoms with Gasteiger partial charge >= 0.3 is 11.7 Å². The van der Waals surface area contributed by atoms with Crippen LogP contribution in [-0.4, -0.2) is 53.5 Å². The molecular weight excluding hydrogens is 472 g/mol. The molecule has 0 unspecified atom stereocenters. The Hall–Kier alpha value is -3.10. The molecule has 0 saturated carbocycles. The number of carbonyl (C=O) groups is 2. The second-order valence-electron chi connectivity index (χ2n) is 10.9. The number of ether oxygens (including phenoxy) is 1. The topological polar surface area (TPSA) is 95.5 Å². The maximum absolute atomic E-state index is 13.8. The standard InChI is InChI=1S/C27H34N4O4Si/c1-26(2,3)36(5,6)35-27(24(29-28)25(33)34-4)18-22(20-15-11-8-12-16-20)30-21(17-23(32)31(27)30)19-13-9-7-10-14-19/h7-16,21-22H,17-18H2,1-6H3/t21-,22+,27-/m1/s1. The van der Waals surface area contributed by atoms with Gasteiger partial charge in [0, 0.05) is 12.8 Å². The van der Waals surface area contributed by atoms with Crippen LogP contribution in [0.15, 0.2) is 60.7 Å². The highest BCUT2D eigenvalue weighted by molar-refractivity contribution is 6.74. The van der Waals surface area contributed by atoms with Gasteiger partial charge in [-0.2, -0.15) is 9.80 Å². The van der Waals surface area contributed by atoms with Crippen molar-refractivity contribution in [3.8, 4) is 0 Å². The molecule has 2 aromatic carbocycles. The lowest BCUT2D eigenvalue weighted by Gasteiger charge is -2.44. The zero-order valence-corrected chi connectivity index (χ0v) is 22.8. The van der Waals surface area contributed by atoms with Crippen LogP contribution in [0.1, 0.15) is 56.8 Å². The van der Waals surface area contributed by atoms with E-state index in [0.29, 0.717) is 0 Å². The molecule has 0 spiro atoms. The molecule has 2 fully saturated rings. The fourth-order valence-electron chi connectivity index (χ4n) is 4.97. The third-order valence-electron chi connectivity index (χ3n) is 7.73. The van der Waals surface area contributed by atoms with E-state index in [4.69, 9.17) is 9.16 Å². The van der Waals surface area contributed by atoms with Gasteiger partial charge in [-0.25, -0.2) is 9.80 Å². The van der Waals surface area contributed by atoms with Crippen LogP contribution in [0.5, 0.6) is 0 Å². The molecule has 2 aliphatic rings. The van der Waals surface area contributed by atoms with Gasteiger partial charge in [-0.15, -0.1) is 0 Å². The minimum atomic E-state index is -2.62. The monoisotopic (exact) mass is 506 g/mol. The molecule has 8 nitrogen and oxygen atoms in total. The van der Waals surface area contributed by atoms with Crippen LogP contribution in [0.4, 0.5) is 0 Å². The highest BCUT2D eigenvalue weighted by Crippen LogP contribution is 2.55. The Morgan fingerprint density at radius 2 is 1.56 bits per heavy atom. The second-order valence-corrected chi connectivity index (χ2v) is 15.7. The van der Waals surface area contributed by atoms with Crippen molar-refractivity contribution in [2.24, 2.45) is 0 Å². The summed E-state index contributed by atoms with van der Waals surface area (Å²) in [5.41, 5.74) is 10.2. The van der Waals surface area contributed by atoms with Crippen molar-refractivity contribution < 1.29 is 23.5 Å². The number of carbonyl (C=O) groups excluding carboxylic acids is 2. The van der Waals surface area contributed by atoms with Gasteiger partial charge in [-0.3, -0.25) is 4.79 Å². The van der Waals surface area contributed by atoms with Crippen LogP contribution in [-0.2, 0) is 18.8 Å². The molecule has 2 aliphatic heterocycles. The van der Waals surface area contributed by atoms with Gasteiger partial charge in [0.2, 0.25) is 5.91 Å². The molecule has 4 rings (SSSR count). The third-order valence-corrected chi connectivity index (χ3v) is 12.2. The van der Waals surface area contributed by atoms with Gasteiger partial charge in [0.05, 0.1) is 19.2 Å². The number of nitrogens with zero attached hydrogens (tertiary/aromatic N) is 4. The van der Waals surface area contributed by atoms with Crippen molar-refractivity contribution in [1.29, 1.82) is 0 Å². The lowest BCUT2D eigenvalue weighted by molar-refractivity contribution is -0.168. The SMILES string of the molecule is COC(=O)C(=[N+]=[N-])[C@]1(O[Si](C)(C)C(C)(C)C)C[C@@H](c2ccccc2)N2[C@@H](c3ccccc3)CC(=O)N21. The van der Waals surface area contributed by atoms with E-state index < -0.39 is 20.0 Å². The number of hydrogen-bond donors (Lipinski definition) is 0. The van der Waals surface area contributed by atoms with Crippen LogP contribution >= 0.6 is 0 Å². The Morgan fingerprint density at radius 1 is 1.03 bits per heavy atom. The summed E-state index contributed by atoms with van der Waals surface area (Å²) in [7, 11) is -1.39. The van der Waals surface area contributed by atoms with E-state index in [1.807, 2.05) is 65.7 Å². The molecule has 0 radical (unpaired) electrons. The molecule has 3 atom stereocenters. The first-order valence-corrected chi connectivity index (χ1v) is 15.1. The van der Waals surface area contributed by atoms with E-state index in [-0.39, 0.29) is 41.6 Å². The number of methoxy groups -OCH3 is 1. The number of hydrogen-bond acceptors (Lipinski definition) is 5. The van der Waals surface area contributed by atoms with E-state index >= 15 is 0 Å². The fourth-order valence-corrected chi connectivity index (χ4v) is 6.39. The number of amides is 1. The van der Waals surface area contributed by atoms with Crippen LogP contribution in [0.3, 0.4) is 0 Å². The van der Waals surface area contributed by atoms with Gasteiger partial charge in [-0.1, -0.05) is 81.4 Å². The normalized spacial score (nSPS) is 24.4. The molecule has 0 N–H and O–H groups in total. The van der Waals surface area contributed by atoms with E-state index in [1.165, 1.54) is 12.1 Å². The minimum Gasteiger partial charge on any atom is -0.460 e. The van der Waals surface area contributed by atoms with Crippen molar-refractivity contribution in [2.45, 2.75) is 69.6 Å². The number of benzene rings is 2. The zero-order chi connectivity index (χ0) is 26.3. The predicted molar refractivity (Wildman–Crippen MR) is 138 cm³/mol. The summed E-state index contributed by atoms with van der Waals surface area (Å²) in [6.45, 7) is 10.4. The Kier molecular flexibility index (Phi) is 6.79. The molecule has 2 heterocycles. The van der Waals surface area contributed by atoms with Crippen molar-refractivity contribution in [1.82, 2.24) is 10.0 Å². The Balaban J connectivity index is 1.97. The Bertz CT molecular complexity index is 1190. The molecule has 1 amide bonds. The maximum Gasteiger partial charge on any atom is 0.428 e. The van der Waals surface area contributed by atoms with Gasteiger partial charge < -0.3 is 14.7 Å². The van der Waals surface area contributed by atoms with E-state index in [9.17, 15) is 15.1 Å². The molecule has 2 aromatic rings. The highest BCUT2D eigenvalue weighted by atomic mass is 28.4. The molecule has 36 heavy (non-hydrogen) atoms. The van der Waals surface area contributed by atoms with E-state index in [1.54, 1.807) is 0 Å². The van der Waals surface area contributed by atoms with Crippen LogP contribution in [0.25, 0.3) is 5.53 Å². The largest absolute Gasteiger partial charge is 0.460 e. The van der Waals surface area contributed by atoms with Crippen molar-refractivity contribution in [3.63, 3.8) is 0 Å². The van der Waals surface area contributed by atoms with Crippen LogP contribution in [0.2, 0.25) is 18.1 Å². The first-order valence-electron chi connectivity index (χ1n) is 12.2. The molecular formula is C27H34N4O4Si. The zero-order valence-electron chi connectivity index (χ0n) is 21.8. The Morgan fingerprint density at radius 3 is 2.03 bits per heavy atom. The van der Waals surface area contributed by atoms with Gasteiger partial charge in [0.15, 0.2) is 8.32 Å². The summed E-state index contributed by atoms with van der Waals surface area (Å²) in [4.78, 5) is 30.3.